The van der Waals surface area contributed by atoms with Crippen LogP contribution in [0.1, 0.15) is 45.4 Å². The molecule has 2 amide bonds. The SMILES string of the molecule is COC(=O)c1ccc(Oc2ccc(Br)cc2[C@H]2NC(=O)C[C@@H](c3cccc(Cl)c3)[C@]23C(=O)Nc2cc(Cl)ccc23)cc1. The molecule has 7 nitrogen and oxygen atoms in total. The third-order valence-electron chi connectivity index (χ3n) is 7.79. The third kappa shape index (κ3) is 4.83. The van der Waals surface area contributed by atoms with Crippen molar-refractivity contribution in [3.8, 4) is 11.5 Å². The second-order valence-electron chi connectivity index (χ2n) is 10.1. The van der Waals surface area contributed by atoms with Crippen molar-refractivity contribution in [3.63, 3.8) is 0 Å². The van der Waals surface area contributed by atoms with Gasteiger partial charge in [-0.1, -0.05) is 57.3 Å². The van der Waals surface area contributed by atoms with E-state index in [-0.39, 0.29) is 18.2 Å². The van der Waals surface area contributed by atoms with Gasteiger partial charge < -0.3 is 20.1 Å². The highest BCUT2D eigenvalue weighted by atomic mass is 79.9. The lowest BCUT2D eigenvalue weighted by molar-refractivity contribution is -0.131. The number of fused-ring (bicyclic) bond motifs is 2. The summed E-state index contributed by atoms with van der Waals surface area (Å²) < 4.78 is 11.8. The molecule has 2 aliphatic heterocycles. The van der Waals surface area contributed by atoms with E-state index >= 15 is 0 Å². The maximum absolute atomic E-state index is 14.3. The molecule has 2 aliphatic rings. The van der Waals surface area contributed by atoms with Crippen LogP contribution in [0.2, 0.25) is 10.0 Å². The highest BCUT2D eigenvalue weighted by Gasteiger charge is 2.61. The summed E-state index contributed by atoms with van der Waals surface area (Å²) in [6, 6.07) is 23.6. The summed E-state index contributed by atoms with van der Waals surface area (Å²) in [5.74, 6) is -0.644. The Balaban J connectivity index is 1.54. The van der Waals surface area contributed by atoms with E-state index in [2.05, 4.69) is 26.6 Å². The number of hydrogen-bond acceptors (Lipinski definition) is 5. The first kappa shape index (κ1) is 28.3. The zero-order chi connectivity index (χ0) is 29.6. The zero-order valence-corrected chi connectivity index (χ0v) is 25.2. The number of anilines is 1. The number of piperidine rings is 1. The van der Waals surface area contributed by atoms with Crippen LogP contribution in [0.4, 0.5) is 5.69 Å². The van der Waals surface area contributed by atoms with Crippen molar-refractivity contribution >= 4 is 62.6 Å². The number of halogens is 3. The number of ether oxygens (including phenoxy) is 2. The minimum atomic E-state index is -1.27. The fourth-order valence-electron chi connectivity index (χ4n) is 6.01. The zero-order valence-electron chi connectivity index (χ0n) is 22.1. The van der Waals surface area contributed by atoms with Crippen molar-refractivity contribution in [3.05, 3.63) is 122 Å². The molecule has 10 heteroatoms. The molecule has 0 radical (unpaired) electrons. The van der Waals surface area contributed by atoms with Crippen molar-refractivity contribution < 1.29 is 23.9 Å². The van der Waals surface area contributed by atoms with E-state index in [0.29, 0.717) is 43.9 Å². The molecule has 1 fully saturated rings. The maximum Gasteiger partial charge on any atom is 0.337 e. The molecule has 0 unspecified atom stereocenters. The lowest BCUT2D eigenvalue weighted by atomic mass is 9.59. The molecule has 4 aromatic carbocycles. The molecule has 42 heavy (non-hydrogen) atoms. The Bertz CT molecular complexity index is 1750. The van der Waals surface area contributed by atoms with Crippen molar-refractivity contribution in [2.24, 2.45) is 0 Å². The summed E-state index contributed by atoms with van der Waals surface area (Å²) in [4.78, 5) is 39.7. The summed E-state index contributed by atoms with van der Waals surface area (Å²) in [5, 5.41) is 7.13. The smallest absolute Gasteiger partial charge is 0.337 e. The standard InChI is InChI=1S/C32H23BrCl2N2O5/c1-41-30(39)17-5-9-22(10-6-17)42-27-12-7-19(33)14-23(27)29-32(24-11-8-21(35)15-26(24)36-31(32)40)25(16-28(38)37-29)18-3-2-4-20(34)13-18/h2-15,25,29H,16H2,1H3,(H,36,40)(H,37,38)/t25-,29+,32-/m0/s1. The minimum absolute atomic E-state index is 0.0610. The van der Waals surface area contributed by atoms with Crippen LogP contribution in [0.3, 0.4) is 0 Å². The number of esters is 1. The van der Waals surface area contributed by atoms with Gasteiger partial charge in [-0.15, -0.1) is 0 Å². The Morgan fingerprint density at radius 3 is 2.45 bits per heavy atom. The van der Waals surface area contributed by atoms with Crippen molar-refractivity contribution in [2.75, 3.05) is 12.4 Å². The van der Waals surface area contributed by atoms with Crippen LogP contribution in [0.5, 0.6) is 11.5 Å². The van der Waals surface area contributed by atoms with Crippen LogP contribution in [0, 0.1) is 0 Å². The van der Waals surface area contributed by atoms with E-state index in [9.17, 15) is 14.4 Å². The van der Waals surface area contributed by atoms with Crippen molar-refractivity contribution in [1.82, 2.24) is 5.32 Å². The number of rotatable bonds is 5. The van der Waals surface area contributed by atoms with Gasteiger partial charge in [0.15, 0.2) is 0 Å². The highest BCUT2D eigenvalue weighted by Crippen LogP contribution is 2.58. The van der Waals surface area contributed by atoms with E-state index in [4.69, 9.17) is 32.7 Å². The second kappa shape index (κ2) is 11.1. The number of hydrogen-bond donors (Lipinski definition) is 2. The number of nitrogens with one attached hydrogen (secondary N) is 2. The maximum atomic E-state index is 14.3. The first-order chi connectivity index (χ1) is 20.2. The van der Waals surface area contributed by atoms with Crippen LogP contribution in [0.15, 0.2) is 89.4 Å². The van der Waals surface area contributed by atoms with Gasteiger partial charge in [0.1, 0.15) is 16.9 Å². The molecule has 0 aliphatic carbocycles. The molecule has 0 bridgehead atoms. The predicted octanol–water partition coefficient (Wildman–Crippen LogP) is 7.57. The van der Waals surface area contributed by atoms with Gasteiger partial charge in [-0.3, -0.25) is 9.59 Å². The van der Waals surface area contributed by atoms with Crippen LogP contribution < -0.4 is 15.4 Å². The van der Waals surface area contributed by atoms with Gasteiger partial charge in [-0.05, 0) is 77.9 Å². The molecule has 2 N–H and O–H groups in total. The molecule has 0 saturated carbocycles. The van der Waals surface area contributed by atoms with E-state index in [0.717, 1.165) is 10.0 Å². The van der Waals surface area contributed by atoms with Gasteiger partial charge >= 0.3 is 5.97 Å². The molecule has 0 aromatic heterocycles. The van der Waals surface area contributed by atoms with E-state index in [1.165, 1.54) is 7.11 Å². The monoisotopic (exact) mass is 664 g/mol. The summed E-state index contributed by atoms with van der Waals surface area (Å²) in [7, 11) is 1.32. The lowest BCUT2D eigenvalue weighted by Gasteiger charge is -2.46. The van der Waals surface area contributed by atoms with Crippen molar-refractivity contribution in [1.29, 1.82) is 0 Å². The molecule has 6 rings (SSSR count). The first-order valence-corrected chi connectivity index (χ1v) is 14.6. The van der Waals surface area contributed by atoms with E-state index in [1.807, 2.05) is 30.3 Å². The van der Waals surface area contributed by atoms with Gasteiger partial charge in [-0.2, -0.15) is 0 Å². The Kier molecular flexibility index (Phi) is 7.47. The predicted molar refractivity (Wildman–Crippen MR) is 163 cm³/mol. The van der Waals surface area contributed by atoms with Crippen LogP contribution in [-0.2, 0) is 19.7 Å². The van der Waals surface area contributed by atoms with Crippen LogP contribution >= 0.6 is 39.1 Å². The molecular formula is C32H23BrCl2N2O5. The minimum Gasteiger partial charge on any atom is -0.465 e. The van der Waals surface area contributed by atoms with Crippen LogP contribution in [0.25, 0.3) is 0 Å². The average molecular weight is 666 g/mol. The highest BCUT2D eigenvalue weighted by molar-refractivity contribution is 9.10. The summed E-state index contributed by atoms with van der Waals surface area (Å²) in [6.45, 7) is 0. The quantitative estimate of drug-likeness (QED) is 0.215. The Hall–Kier alpha value is -3.85. The lowest BCUT2D eigenvalue weighted by Crippen LogP contribution is -2.56. The third-order valence-corrected chi connectivity index (χ3v) is 8.75. The molecule has 4 aromatic rings. The van der Waals surface area contributed by atoms with Gasteiger partial charge in [0.2, 0.25) is 11.8 Å². The number of amides is 2. The normalized spacial score (nSPS) is 21.0. The number of methoxy groups -OCH3 is 1. The Labute approximate surface area is 260 Å². The fourth-order valence-corrected chi connectivity index (χ4v) is 6.76. The van der Waals surface area contributed by atoms with Gasteiger partial charge in [0.05, 0.1) is 18.7 Å². The fraction of sp³-hybridized carbons (Fsp3) is 0.156. The van der Waals surface area contributed by atoms with Gasteiger partial charge in [-0.25, -0.2) is 4.79 Å². The molecule has 2 heterocycles. The number of benzene rings is 4. The first-order valence-electron chi connectivity index (χ1n) is 13.0. The number of carbonyl (C=O) groups is 3. The average Bonchev–Trinajstić information content (AvgIpc) is 3.25. The summed E-state index contributed by atoms with van der Waals surface area (Å²) in [5.41, 5.74) is 1.74. The Morgan fingerprint density at radius 1 is 0.952 bits per heavy atom. The van der Waals surface area contributed by atoms with Crippen LogP contribution in [-0.4, -0.2) is 24.9 Å². The summed E-state index contributed by atoms with van der Waals surface area (Å²) in [6.07, 6.45) is 0.0610. The Morgan fingerprint density at radius 2 is 1.71 bits per heavy atom. The molecule has 1 saturated heterocycles. The van der Waals surface area contributed by atoms with Crippen molar-refractivity contribution in [2.45, 2.75) is 23.8 Å². The van der Waals surface area contributed by atoms with Gasteiger partial charge in [0, 0.05) is 38.1 Å². The summed E-state index contributed by atoms with van der Waals surface area (Å²) >= 11 is 16.3. The molecule has 3 atom stereocenters. The topological polar surface area (TPSA) is 93.7 Å². The molecule has 212 valence electrons. The number of carbonyl (C=O) groups excluding carboxylic acids is 3. The van der Waals surface area contributed by atoms with E-state index < -0.39 is 23.3 Å². The van der Waals surface area contributed by atoms with Gasteiger partial charge in [0.25, 0.3) is 0 Å². The van der Waals surface area contributed by atoms with E-state index in [1.54, 1.807) is 54.6 Å². The second-order valence-corrected chi connectivity index (χ2v) is 11.9. The molecule has 1 spiro atoms. The largest absolute Gasteiger partial charge is 0.465 e. The molecular weight excluding hydrogens is 643 g/mol.